The van der Waals surface area contributed by atoms with E-state index in [9.17, 15) is 9.59 Å². The van der Waals surface area contributed by atoms with Crippen LogP contribution in [0.15, 0.2) is 78.1 Å². The molecule has 2 atom stereocenters. The van der Waals surface area contributed by atoms with Crippen LogP contribution in [0.1, 0.15) is 77.8 Å². The van der Waals surface area contributed by atoms with E-state index >= 15 is 0 Å². The minimum absolute atomic E-state index is 0.0454. The van der Waals surface area contributed by atoms with E-state index in [-0.39, 0.29) is 30.6 Å². The van der Waals surface area contributed by atoms with Gasteiger partial charge in [-0.05, 0) is 102 Å². The Morgan fingerprint density at radius 3 is 1.64 bits per heavy atom. The number of methoxy groups -OCH3 is 1. The molecule has 9 nitrogen and oxygen atoms in total. The maximum atomic E-state index is 13.4. The van der Waals surface area contributed by atoms with E-state index in [4.69, 9.17) is 18.9 Å². The monoisotopic (exact) mass is 641 g/mol. The minimum Gasteiger partial charge on any atom is -0.493 e. The highest BCUT2D eigenvalue weighted by molar-refractivity contribution is 5.98. The lowest BCUT2D eigenvalue weighted by atomic mass is 10.1. The highest BCUT2D eigenvalue weighted by atomic mass is 16.5. The van der Waals surface area contributed by atoms with Crippen molar-refractivity contribution >= 4 is 18.5 Å². The van der Waals surface area contributed by atoms with Gasteiger partial charge in [0, 0.05) is 23.5 Å². The van der Waals surface area contributed by atoms with Gasteiger partial charge in [-0.15, -0.1) is 13.2 Å². The Kier molecular flexibility index (Phi) is 12.1. The Labute approximate surface area is 278 Å². The highest BCUT2D eigenvalue weighted by Gasteiger charge is 2.29. The predicted molar refractivity (Wildman–Crippen MR) is 186 cm³/mol. The fourth-order valence-corrected chi connectivity index (χ4v) is 5.86. The third-order valence-electron chi connectivity index (χ3n) is 8.39. The molecule has 0 saturated carbocycles. The molecule has 2 aliphatic heterocycles. The van der Waals surface area contributed by atoms with Crippen LogP contribution >= 0.6 is 0 Å². The van der Waals surface area contributed by atoms with Crippen molar-refractivity contribution < 1.29 is 28.5 Å². The third kappa shape index (κ3) is 8.33. The molecule has 0 fully saturated rings. The van der Waals surface area contributed by atoms with Crippen molar-refractivity contribution in [1.29, 1.82) is 0 Å². The van der Waals surface area contributed by atoms with Crippen LogP contribution in [0.2, 0.25) is 0 Å². The van der Waals surface area contributed by atoms with Crippen LogP contribution < -0.4 is 18.9 Å². The second-order valence-corrected chi connectivity index (χ2v) is 12.1. The second-order valence-electron chi connectivity index (χ2n) is 12.1. The Bertz CT molecular complexity index is 1580. The summed E-state index contributed by atoms with van der Waals surface area (Å²) in [6.07, 6.45) is 11.4. The summed E-state index contributed by atoms with van der Waals surface area (Å²) in [5.41, 5.74) is 5.00. The quantitative estimate of drug-likeness (QED) is 0.107. The van der Waals surface area contributed by atoms with E-state index in [2.05, 4.69) is 24.9 Å². The molecule has 4 rings (SSSR count). The van der Waals surface area contributed by atoms with Crippen LogP contribution in [-0.4, -0.2) is 67.5 Å². The first-order valence-corrected chi connectivity index (χ1v) is 16.0. The normalized spacial score (nSPS) is 17.1. The van der Waals surface area contributed by atoms with Gasteiger partial charge >= 0.3 is 0 Å². The molecular weight excluding hydrogens is 594 g/mol. The summed E-state index contributed by atoms with van der Waals surface area (Å²) < 4.78 is 23.5. The van der Waals surface area contributed by atoms with Crippen molar-refractivity contribution in [3.8, 4) is 23.0 Å². The number of nitrogens with zero attached hydrogens (tertiary/aromatic N) is 3. The molecular formula is C38H47N3O6. The molecule has 0 saturated heterocycles. The summed E-state index contributed by atoms with van der Waals surface area (Å²) >= 11 is 0. The van der Waals surface area contributed by atoms with Crippen LogP contribution in [-0.2, 0) is 0 Å². The lowest BCUT2D eigenvalue weighted by molar-refractivity contribution is 0.0797. The van der Waals surface area contributed by atoms with Gasteiger partial charge in [-0.1, -0.05) is 23.3 Å². The van der Waals surface area contributed by atoms with Gasteiger partial charge in [-0.25, -0.2) is 0 Å². The van der Waals surface area contributed by atoms with E-state index in [1.807, 2.05) is 52.2 Å². The topological polar surface area (TPSA) is 89.9 Å². The number of amides is 2. The number of aliphatic imine (C=N–C) groups is 1. The van der Waals surface area contributed by atoms with Crippen molar-refractivity contribution in [2.75, 3.05) is 27.1 Å². The minimum atomic E-state index is -0.111. The summed E-state index contributed by atoms with van der Waals surface area (Å²) in [5.74, 6) is 1.94. The summed E-state index contributed by atoms with van der Waals surface area (Å²) in [6.45, 7) is 20.1. The smallest absolute Gasteiger partial charge is 0.258 e. The number of carbonyl (C=O) groups is 2. The molecule has 0 spiro atoms. The highest BCUT2D eigenvalue weighted by Crippen LogP contribution is 2.35. The van der Waals surface area contributed by atoms with Crippen molar-refractivity contribution in [3.05, 3.63) is 95.4 Å². The molecule has 0 aliphatic carbocycles. The van der Waals surface area contributed by atoms with E-state index in [0.29, 0.717) is 47.3 Å². The molecule has 2 amide bonds. The lowest BCUT2D eigenvalue weighted by Crippen LogP contribution is -2.31. The van der Waals surface area contributed by atoms with Gasteiger partial charge < -0.3 is 28.7 Å². The first-order valence-electron chi connectivity index (χ1n) is 16.0. The van der Waals surface area contributed by atoms with Crippen molar-refractivity contribution in [2.45, 2.75) is 71.9 Å². The van der Waals surface area contributed by atoms with Crippen LogP contribution in [0, 0.1) is 13.8 Å². The molecule has 0 aromatic heterocycles. The fourth-order valence-electron chi connectivity index (χ4n) is 5.86. The molecule has 250 valence electrons. The van der Waals surface area contributed by atoms with Gasteiger partial charge in [0.25, 0.3) is 11.8 Å². The van der Waals surface area contributed by atoms with Crippen molar-refractivity contribution in [2.24, 2.45) is 4.99 Å². The third-order valence-corrected chi connectivity index (χ3v) is 8.39. The second kappa shape index (κ2) is 16.2. The largest absolute Gasteiger partial charge is 0.493 e. The number of unbranched alkanes of at least 4 members (excludes halogenated alkanes) is 2. The zero-order valence-electron chi connectivity index (χ0n) is 28.3. The summed E-state index contributed by atoms with van der Waals surface area (Å²) in [6, 6.07) is 7.07. The molecule has 2 unspecified atom stereocenters. The van der Waals surface area contributed by atoms with Crippen LogP contribution in [0.5, 0.6) is 23.0 Å². The van der Waals surface area contributed by atoms with Crippen molar-refractivity contribution in [1.82, 2.24) is 9.80 Å². The van der Waals surface area contributed by atoms with Crippen LogP contribution in [0.4, 0.5) is 0 Å². The molecule has 0 radical (unpaired) electrons. The first kappa shape index (κ1) is 35.1. The van der Waals surface area contributed by atoms with Gasteiger partial charge in [0.1, 0.15) is 0 Å². The average Bonchev–Trinajstić information content (AvgIpc) is 3.64. The summed E-state index contributed by atoms with van der Waals surface area (Å²) in [4.78, 5) is 34.0. The van der Waals surface area contributed by atoms with Gasteiger partial charge in [-0.3, -0.25) is 14.6 Å². The number of aryl methyl sites for hydroxylation is 2. The van der Waals surface area contributed by atoms with Crippen LogP contribution in [0.25, 0.3) is 0 Å². The lowest BCUT2D eigenvalue weighted by Gasteiger charge is -2.23. The molecule has 2 heterocycles. The number of benzene rings is 2. The average molecular weight is 642 g/mol. The maximum Gasteiger partial charge on any atom is 0.258 e. The number of rotatable bonds is 16. The van der Waals surface area contributed by atoms with E-state index in [0.717, 1.165) is 54.4 Å². The Balaban J connectivity index is 1.31. The van der Waals surface area contributed by atoms with Gasteiger partial charge in [-0.2, -0.15) is 0 Å². The Morgan fingerprint density at radius 1 is 0.745 bits per heavy atom. The van der Waals surface area contributed by atoms with E-state index in [1.54, 1.807) is 41.2 Å². The standard InChI is InChI=1S/C38H47N3O6/c1-9-29-16-25(3)22-40(29)37(42)31-20-33(44-8)34(18-27(31)5)45-14-12-11-13-15-46-35-19-28(6)32(21-36(35)47-24-39-7)38(43)41-23-26(4)17-30(41)10-2/h9-10,18-23,29-30H,1-2,7,11-17,24H2,3-6,8H3. The summed E-state index contributed by atoms with van der Waals surface area (Å²) in [5, 5.41) is 0. The zero-order valence-corrected chi connectivity index (χ0v) is 28.3. The van der Waals surface area contributed by atoms with Gasteiger partial charge in [0.05, 0.1) is 32.4 Å². The number of carbonyl (C=O) groups excluding carboxylic acids is 2. The number of hydrogen-bond acceptors (Lipinski definition) is 7. The Morgan fingerprint density at radius 2 is 1.19 bits per heavy atom. The van der Waals surface area contributed by atoms with E-state index < -0.39 is 0 Å². The molecule has 2 aliphatic rings. The fraction of sp³-hybridized carbons (Fsp3) is 0.395. The maximum absolute atomic E-state index is 13.4. The van der Waals surface area contributed by atoms with Crippen LogP contribution in [0.3, 0.4) is 0 Å². The molecule has 9 heteroatoms. The van der Waals surface area contributed by atoms with Gasteiger partial charge in [0.15, 0.2) is 29.7 Å². The van der Waals surface area contributed by atoms with Crippen molar-refractivity contribution in [3.63, 3.8) is 0 Å². The van der Waals surface area contributed by atoms with Gasteiger partial charge in [0.2, 0.25) is 0 Å². The molecule has 2 aromatic carbocycles. The Hall–Kier alpha value is -4.79. The zero-order chi connectivity index (χ0) is 34.1. The molecule has 0 bridgehead atoms. The number of ether oxygens (including phenoxy) is 4. The summed E-state index contributed by atoms with van der Waals surface area (Å²) in [7, 11) is 1.57. The number of hydrogen-bond donors (Lipinski definition) is 0. The van der Waals surface area contributed by atoms with E-state index in [1.165, 1.54) is 0 Å². The molecule has 47 heavy (non-hydrogen) atoms. The SMILES string of the molecule is C=CC1CC(C)=CN1C(=O)c1cc(OC)c(OCCCCCOc2cc(C)c(C(=O)N3C=C(C)CC3C=C)cc2OCN=C)cc1C. The molecule has 2 aromatic rings. The molecule has 0 N–H and O–H groups in total. The predicted octanol–water partition coefficient (Wildman–Crippen LogP) is 7.59. The first-order chi connectivity index (χ1) is 22.6.